The van der Waals surface area contributed by atoms with Gasteiger partial charge in [0.05, 0.1) is 23.1 Å². The average Bonchev–Trinajstić information content (AvgIpc) is 3.34. The van der Waals surface area contributed by atoms with Crippen molar-refractivity contribution in [2.24, 2.45) is 0 Å². The second-order valence-electron chi connectivity index (χ2n) is 6.60. The van der Waals surface area contributed by atoms with Crippen molar-refractivity contribution in [3.63, 3.8) is 0 Å². The summed E-state index contributed by atoms with van der Waals surface area (Å²) in [6.45, 7) is 3.89. The number of hydrogen-bond donors (Lipinski definition) is 1. The van der Waals surface area contributed by atoms with Crippen LogP contribution in [0.5, 0.6) is 0 Å². The van der Waals surface area contributed by atoms with Gasteiger partial charge in [-0.1, -0.05) is 12.1 Å². The zero-order valence-corrected chi connectivity index (χ0v) is 16.0. The molecule has 0 unspecified atom stereocenters. The van der Waals surface area contributed by atoms with E-state index in [-0.39, 0.29) is 18.2 Å². The second-order valence-corrected chi connectivity index (χ2v) is 7.43. The molecule has 0 saturated carbocycles. The highest BCUT2D eigenvalue weighted by molar-refractivity contribution is 7.14. The Bertz CT molecular complexity index is 993. The molecular weight excluding hydrogens is 362 g/mol. The van der Waals surface area contributed by atoms with Crippen molar-refractivity contribution < 1.29 is 9.59 Å². The van der Waals surface area contributed by atoms with E-state index in [2.05, 4.69) is 19.9 Å². The molecular formula is C19H21N5O2S. The number of para-hydroxylation sites is 2. The van der Waals surface area contributed by atoms with Gasteiger partial charge in [-0.15, -0.1) is 11.3 Å². The monoisotopic (exact) mass is 383 g/mol. The third-order valence-electron chi connectivity index (χ3n) is 4.69. The molecule has 140 valence electrons. The number of fused-ring (bicyclic) bond motifs is 1. The van der Waals surface area contributed by atoms with Crippen molar-refractivity contribution in [3.8, 4) is 0 Å². The zero-order valence-electron chi connectivity index (χ0n) is 15.1. The first-order valence-corrected chi connectivity index (χ1v) is 9.93. The lowest BCUT2D eigenvalue weighted by molar-refractivity contribution is -0.120. The van der Waals surface area contributed by atoms with Crippen molar-refractivity contribution in [2.75, 3.05) is 18.0 Å². The molecule has 2 aromatic heterocycles. The minimum atomic E-state index is -0.0679. The summed E-state index contributed by atoms with van der Waals surface area (Å²) in [7, 11) is 0. The average molecular weight is 383 g/mol. The van der Waals surface area contributed by atoms with Gasteiger partial charge in [0.2, 0.25) is 11.8 Å². The molecule has 1 N–H and O–H groups in total. The Morgan fingerprint density at radius 2 is 2.15 bits per heavy atom. The maximum atomic E-state index is 12.2. The molecule has 1 aliphatic heterocycles. The number of nitrogens with one attached hydrogen (secondary N) is 1. The molecule has 1 saturated heterocycles. The number of anilines is 1. The normalized spacial score (nSPS) is 14.3. The Hall–Kier alpha value is -2.74. The fourth-order valence-electron chi connectivity index (χ4n) is 3.36. The number of rotatable bonds is 6. The molecule has 27 heavy (non-hydrogen) atoms. The van der Waals surface area contributed by atoms with Gasteiger partial charge in [-0.2, -0.15) is 0 Å². The van der Waals surface area contributed by atoms with Gasteiger partial charge < -0.3 is 9.88 Å². The van der Waals surface area contributed by atoms with E-state index in [9.17, 15) is 9.59 Å². The maximum absolute atomic E-state index is 12.2. The molecule has 0 radical (unpaired) electrons. The second kappa shape index (κ2) is 7.48. The predicted octanol–water partition coefficient (Wildman–Crippen LogP) is 2.29. The topological polar surface area (TPSA) is 80.1 Å². The minimum absolute atomic E-state index is 0.0679. The van der Waals surface area contributed by atoms with Gasteiger partial charge in [-0.05, 0) is 25.5 Å². The Labute approximate surface area is 161 Å². The standard InChI is InChI=1S/C19H21N5O2S/c1-13-21-15-5-2-3-6-16(15)23(13)10-8-20-17(25)11-14-12-27-19(22-14)24-9-4-7-18(24)26/h2-3,5-6,12H,4,7-11H2,1H3,(H,20,25). The number of amides is 2. The number of aromatic nitrogens is 3. The maximum Gasteiger partial charge on any atom is 0.228 e. The van der Waals surface area contributed by atoms with Crippen LogP contribution in [0.25, 0.3) is 11.0 Å². The van der Waals surface area contributed by atoms with Crippen molar-refractivity contribution in [2.45, 2.75) is 32.7 Å². The quantitative estimate of drug-likeness (QED) is 0.708. The lowest BCUT2D eigenvalue weighted by atomic mass is 10.3. The number of imidazole rings is 1. The fourth-order valence-corrected chi connectivity index (χ4v) is 4.23. The van der Waals surface area contributed by atoms with Gasteiger partial charge in [-0.3, -0.25) is 14.5 Å². The third-order valence-corrected chi connectivity index (χ3v) is 5.60. The van der Waals surface area contributed by atoms with E-state index in [1.807, 2.05) is 36.6 Å². The highest BCUT2D eigenvalue weighted by atomic mass is 32.1. The van der Waals surface area contributed by atoms with Crippen LogP contribution in [0.4, 0.5) is 5.13 Å². The largest absolute Gasteiger partial charge is 0.354 e. The van der Waals surface area contributed by atoms with Crippen LogP contribution in [0.2, 0.25) is 0 Å². The number of carbonyl (C=O) groups excluding carboxylic acids is 2. The Morgan fingerprint density at radius 1 is 1.30 bits per heavy atom. The number of aryl methyl sites for hydroxylation is 1. The summed E-state index contributed by atoms with van der Waals surface area (Å²) in [4.78, 5) is 34.7. The van der Waals surface area contributed by atoms with Crippen molar-refractivity contribution >= 4 is 39.3 Å². The van der Waals surface area contributed by atoms with E-state index in [4.69, 9.17) is 0 Å². The number of carbonyl (C=O) groups is 2. The van der Waals surface area contributed by atoms with Gasteiger partial charge in [0.25, 0.3) is 0 Å². The molecule has 0 bridgehead atoms. The molecule has 0 spiro atoms. The van der Waals surface area contributed by atoms with Gasteiger partial charge >= 0.3 is 0 Å². The summed E-state index contributed by atoms with van der Waals surface area (Å²) in [5.74, 6) is 0.981. The molecule has 2 amide bonds. The minimum Gasteiger partial charge on any atom is -0.354 e. The van der Waals surface area contributed by atoms with Gasteiger partial charge in [0.15, 0.2) is 5.13 Å². The summed E-state index contributed by atoms with van der Waals surface area (Å²) in [6.07, 6.45) is 1.68. The van der Waals surface area contributed by atoms with Crippen LogP contribution in [-0.4, -0.2) is 39.4 Å². The summed E-state index contributed by atoms with van der Waals surface area (Å²) in [6, 6.07) is 7.98. The molecule has 3 heterocycles. The highest BCUT2D eigenvalue weighted by Gasteiger charge is 2.24. The van der Waals surface area contributed by atoms with Crippen LogP contribution in [0.15, 0.2) is 29.6 Å². The first-order chi connectivity index (χ1) is 13.1. The Balaban J connectivity index is 1.32. The lowest BCUT2D eigenvalue weighted by Gasteiger charge is -2.10. The smallest absolute Gasteiger partial charge is 0.228 e. The summed E-state index contributed by atoms with van der Waals surface area (Å²) in [5, 5.41) is 5.50. The van der Waals surface area contributed by atoms with Crippen molar-refractivity contribution in [1.29, 1.82) is 0 Å². The van der Waals surface area contributed by atoms with Gasteiger partial charge in [-0.25, -0.2) is 9.97 Å². The SMILES string of the molecule is Cc1nc2ccccc2n1CCNC(=O)Cc1csc(N2CCCC2=O)n1. The van der Waals surface area contributed by atoms with Crippen LogP contribution in [0.1, 0.15) is 24.4 Å². The van der Waals surface area contributed by atoms with Gasteiger partial charge in [0.1, 0.15) is 5.82 Å². The molecule has 0 atom stereocenters. The molecule has 0 aliphatic carbocycles. The van der Waals surface area contributed by atoms with E-state index in [1.165, 1.54) is 11.3 Å². The lowest BCUT2D eigenvalue weighted by Crippen LogP contribution is -2.29. The summed E-state index contributed by atoms with van der Waals surface area (Å²) in [5.41, 5.74) is 2.74. The number of nitrogens with zero attached hydrogens (tertiary/aromatic N) is 4. The fraction of sp³-hybridized carbons (Fsp3) is 0.368. The molecule has 8 heteroatoms. The molecule has 1 fully saturated rings. The first-order valence-electron chi connectivity index (χ1n) is 9.05. The Morgan fingerprint density at radius 3 is 2.96 bits per heavy atom. The van der Waals surface area contributed by atoms with Crippen molar-refractivity contribution in [3.05, 3.63) is 41.2 Å². The van der Waals surface area contributed by atoms with Crippen LogP contribution >= 0.6 is 11.3 Å². The van der Waals surface area contributed by atoms with Crippen LogP contribution in [0, 0.1) is 6.92 Å². The zero-order chi connectivity index (χ0) is 18.8. The van der Waals surface area contributed by atoms with E-state index in [1.54, 1.807) is 4.90 Å². The summed E-state index contributed by atoms with van der Waals surface area (Å²) < 4.78 is 2.11. The molecule has 3 aromatic rings. The highest BCUT2D eigenvalue weighted by Crippen LogP contribution is 2.25. The molecule has 4 rings (SSSR count). The predicted molar refractivity (Wildman–Crippen MR) is 105 cm³/mol. The van der Waals surface area contributed by atoms with E-state index in [0.29, 0.717) is 30.3 Å². The molecule has 7 nitrogen and oxygen atoms in total. The summed E-state index contributed by atoms with van der Waals surface area (Å²) >= 11 is 1.42. The van der Waals surface area contributed by atoms with Crippen LogP contribution in [0.3, 0.4) is 0 Å². The van der Waals surface area contributed by atoms with Crippen LogP contribution < -0.4 is 10.2 Å². The first kappa shape index (κ1) is 17.7. The number of hydrogen-bond acceptors (Lipinski definition) is 5. The number of benzene rings is 1. The molecule has 1 aromatic carbocycles. The third kappa shape index (κ3) is 3.71. The Kier molecular flexibility index (Phi) is 4.89. The van der Waals surface area contributed by atoms with Crippen LogP contribution in [-0.2, 0) is 22.6 Å². The van der Waals surface area contributed by atoms with E-state index < -0.39 is 0 Å². The van der Waals surface area contributed by atoms with Gasteiger partial charge in [0, 0.05) is 31.4 Å². The van der Waals surface area contributed by atoms with Crippen molar-refractivity contribution in [1.82, 2.24) is 19.9 Å². The molecule has 1 aliphatic rings. The van der Waals surface area contributed by atoms with E-state index >= 15 is 0 Å². The van der Waals surface area contributed by atoms with E-state index in [0.717, 1.165) is 29.8 Å². The number of thiazole rings is 1.